The third-order valence-corrected chi connectivity index (χ3v) is 5.80. The minimum Gasteiger partial charge on any atom is -0.326 e. The minimum absolute atomic E-state index is 0.295. The molecular formula is C16H32N2. The zero-order valence-corrected chi connectivity index (χ0v) is 12.6. The summed E-state index contributed by atoms with van der Waals surface area (Å²) in [4.78, 5) is 2.45. The summed E-state index contributed by atoms with van der Waals surface area (Å²) in [5.41, 5.74) is 7.06. The van der Waals surface area contributed by atoms with E-state index >= 15 is 0 Å². The Morgan fingerprint density at radius 2 is 1.56 bits per heavy atom. The van der Waals surface area contributed by atoms with Gasteiger partial charge in [0.2, 0.25) is 0 Å². The van der Waals surface area contributed by atoms with Gasteiger partial charge in [0.25, 0.3) is 0 Å². The van der Waals surface area contributed by atoms with Crippen LogP contribution >= 0.6 is 0 Å². The van der Waals surface area contributed by atoms with Crippen molar-refractivity contribution in [1.29, 1.82) is 0 Å². The second kappa shape index (κ2) is 5.92. The van der Waals surface area contributed by atoms with Crippen LogP contribution in [-0.2, 0) is 0 Å². The third kappa shape index (κ3) is 2.75. The van der Waals surface area contributed by atoms with Gasteiger partial charge in [0.15, 0.2) is 0 Å². The molecule has 2 saturated carbocycles. The molecule has 2 aliphatic rings. The Morgan fingerprint density at radius 3 is 2.06 bits per heavy atom. The molecule has 2 nitrogen and oxygen atoms in total. The molecule has 18 heavy (non-hydrogen) atoms. The van der Waals surface area contributed by atoms with Crippen LogP contribution in [0.2, 0.25) is 0 Å². The Labute approximate surface area is 113 Å². The summed E-state index contributed by atoms with van der Waals surface area (Å²) >= 11 is 0. The first-order chi connectivity index (χ1) is 8.56. The van der Waals surface area contributed by atoms with Crippen molar-refractivity contribution in [2.45, 2.75) is 76.3 Å². The maximum atomic E-state index is 6.76. The van der Waals surface area contributed by atoms with Crippen LogP contribution in [0.3, 0.4) is 0 Å². The lowest BCUT2D eigenvalue weighted by Crippen LogP contribution is -2.61. The molecule has 0 aromatic heterocycles. The standard InChI is InChI=1S/C16H32N2/c1-13-7-9-14(10-8-13)15(17)16(18(2)3)11-5-4-6-12-16/h13-15H,4-12,17H2,1-3H3. The van der Waals surface area contributed by atoms with E-state index in [1.54, 1.807) is 0 Å². The van der Waals surface area contributed by atoms with E-state index in [-0.39, 0.29) is 0 Å². The number of hydrogen-bond donors (Lipinski definition) is 1. The highest BCUT2D eigenvalue weighted by molar-refractivity contribution is 5.02. The van der Waals surface area contributed by atoms with Crippen LogP contribution in [0, 0.1) is 11.8 Å². The number of likely N-dealkylation sites (N-methyl/N-ethyl adjacent to an activating group) is 1. The molecule has 0 spiro atoms. The summed E-state index contributed by atoms with van der Waals surface area (Å²) in [5.74, 6) is 1.69. The van der Waals surface area contributed by atoms with E-state index in [0.717, 1.165) is 11.8 Å². The van der Waals surface area contributed by atoms with E-state index in [0.29, 0.717) is 11.6 Å². The molecule has 0 bridgehead atoms. The van der Waals surface area contributed by atoms with E-state index in [9.17, 15) is 0 Å². The number of hydrogen-bond acceptors (Lipinski definition) is 2. The first kappa shape index (κ1) is 14.3. The van der Waals surface area contributed by atoms with Gasteiger partial charge in [0.1, 0.15) is 0 Å². The second-order valence-electron chi connectivity index (χ2n) is 7.10. The summed E-state index contributed by atoms with van der Waals surface area (Å²) < 4.78 is 0. The summed E-state index contributed by atoms with van der Waals surface area (Å²) in [7, 11) is 4.49. The predicted octanol–water partition coefficient (Wildman–Crippen LogP) is 3.40. The molecule has 2 heteroatoms. The molecule has 0 radical (unpaired) electrons. The zero-order chi connectivity index (χ0) is 13.2. The first-order valence-corrected chi connectivity index (χ1v) is 7.99. The van der Waals surface area contributed by atoms with Crippen LogP contribution < -0.4 is 5.73 Å². The molecule has 0 aromatic carbocycles. The molecule has 0 saturated heterocycles. The van der Waals surface area contributed by atoms with Gasteiger partial charge in [-0.3, -0.25) is 0 Å². The van der Waals surface area contributed by atoms with Crippen molar-refractivity contribution in [2.24, 2.45) is 17.6 Å². The highest BCUT2D eigenvalue weighted by atomic mass is 15.2. The van der Waals surface area contributed by atoms with Crippen molar-refractivity contribution in [2.75, 3.05) is 14.1 Å². The van der Waals surface area contributed by atoms with Gasteiger partial charge in [-0.25, -0.2) is 0 Å². The fourth-order valence-electron chi connectivity index (χ4n) is 4.33. The molecule has 106 valence electrons. The van der Waals surface area contributed by atoms with Crippen LogP contribution in [0.1, 0.15) is 64.7 Å². The molecular weight excluding hydrogens is 220 g/mol. The van der Waals surface area contributed by atoms with Gasteiger partial charge in [-0.2, -0.15) is 0 Å². The molecule has 0 aliphatic heterocycles. The van der Waals surface area contributed by atoms with Crippen molar-refractivity contribution in [1.82, 2.24) is 4.90 Å². The molecule has 2 aliphatic carbocycles. The minimum atomic E-state index is 0.295. The maximum Gasteiger partial charge on any atom is 0.0357 e. The Kier molecular flexibility index (Phi) is 4.71. The van der Waals surface area contributed by atoms with E-state index in [1.165, 1.54) is 57.8 Å². The van der Waals surface area contributed by atoms with Gasteiger partial charge in [-0.15, -0.1) is 0 Å². The summed E-state index contributed by atoms with van der Waals surface area (Å²) in [6, 6.07) is 0.389. The fourth-order valence-corrected chi connectivity index (χ4v) is 4.33. The molecule has 0 aromatic rings. The van der Waals surface area contributed by atoms with E-state index < -0.39 is 0 Å². The van der Waals surface area contributed by atoms with Gasteiger partial charge in [-0.05, 0) is 51.6 Å². The van der Waals surface area contributed by atoms with E-state index in [4.69, 9.17) is 5.73 Å². The van der Waals surface area contributed by atoms with Gasteiger partial charge in [0.05, 0.1) is 0 Å². The Hall–Kier alpha value is -0.0800. The van der Waals surface area contributed by atoms with Gasteiger partial charge in [0, 0.05) is 11.6 Å². The molecule has 0 heterocycles. The number of rotatable bonds is 3. The number of nitrogens with two attached hydrogens (primary N) is 1. The average Bonchev–Trinajstić information content (AvgIpc) is 2.39. The largest absolute Gasteiger partial charge is 0.326 e. The quantitative estimate of drug-likeness (QED) is 0.834. The molecule has 2 N–H and O–H groups in total. The van der Waals surface area contributed by atoms with Crippen LogP contribution in [0.4, 0.5) is 0 Å². The SMILES string of the molecule is CC1CCC(C(N)C2(N(C)C)CCCCC2)CC1. The normalized spacial score (nSPS) is 34.5. The highest BCUT2D eigenvalue weighted by Gasteiger charge is 2.43. The third-order valence-electron chi connectivity index (χ3n) is 5.80. The topological polar surface area (TPSA) is 29.3 Å². The highest BCUT2D eigenvalue weighted by Crippen LogP contribution is 2.41. The Morgan fingerprint density at radius 1 is 1.00 bits per heavy atom. The van der Waals surface area contributed by atoms with E-state index in [2.05, 4.69) is 25.9 Å². The summed E-state index contributed by atoms with van der Waals surface area (Å²) in [6.07, 6.45) is 12.3. The lowest BCUT2D eigenvalue weighted by Gasteiger charge is -2.50. The molecule has 1 atom stereocenters. The van der Waals surface area contributed by atoms with Gasteiger partial charge < -0.3 is 10.6 Å². The van der Waals surface area contributed by atoms with Crippen molar-refractivity contribution >= 4 is 0 Å². The van der Waals surface area contributed by atoms with Crippen molar-refractivity contribution < 1.29 is 0 Å². The molecule has 1 unspecified atom stereocenters. The maximum absolute atomic E-state index is 6.76. The molecule has 0 amide bonds. The number of nitrogens with zero attached hydrogens (tertiary/aromatic N) is 1. The van der Waals surface area contributed by atoms with Crippen molar-refractivity contribution in [3.8, 4) is 0 Å². The van der Waals surface area contributed by atoms with Crippen molar-refractivity contribution in [3.63, 3.8) is 0 Å². The van der Waals surface area contributed by atoms with Gasteiger partial charge >= 0.3 is 0 Å². The van der Waals surface area contributed by atoms with Crippen LogP contribution in [-0.4, -0.2) is 30.6 Å². The Balaban J connectivity index is 2.05. The van der Waals surface area contributed by atoms with E-state index in [1.807, 2.05) is 0 Å². The second-order valence-corrected chi connectivity index (χ2v) is 7.10. The summed E-state index contributed by atoms with van der Waals surface area (Å²) in [6.45, 7) is 2.39. The van der Waals surface area contributed by atoms with Crippen LogP contribution in [0.15, 0.2) is 0 Å². The fraction of sp³-hybridized carbons (Fsp3) is 1.00. The monoisotopic (exact) mass is 252 g/mol. The van der Waals surface area contributed by atoms with Crippen LogP contribution in [0.25, 0.3) is 0 Å². The predicted molar refractivity (Wildman–Crippen MR) is 78.6 cm³/mol. The first-order valence-electron chi connectivity index (χ1n) is 7.99. The summed E-state index contributed by atoms with van der Waals surface area (Å²) in [5, 5.41) is 0. The van der Waals surface area contributed by atoms with Crippen LogP contribution in [0.5, 0.6) is 0 Å². The lowest BCUT2D eigenvalue weighted by atomic mass is 9.67. The zero-order valence-electron chi connectivity index (χ0n) is 12.6. The lowest BCUT2D eigenvalue weighted by molar-refractivity contribution is 0.0375. The van der Waals surface area contributed by atoms with Gasteiger partial charge in [-0.1, -0.05) is 39.0 Å². The molecule has 2 rings (SSSR count). The Bertz CT molecular complexity index is 248. The smallest absolute Gasteiger partial charge is 0.0357 e. The average molecular weight is 252 g/mol. The molecule has 2 fully saturated rings. The van der Waals surface area contributed by atoms with Crippen molar-refractivity contribution in [3.05, 3.63) is 0 Å².